The summed E-state index contributed by atoms with van der Waals surface area (Å²) in [5.41, 5.74) is 0. The Morgan fingerprint density at radius 3 is 2.84 bits per heavy atom. The third kappa shape index (κ3) is 3.37. The number of aliphatic imine (C=N–C) groups is 1. The first kappa shape index (κ1) is 14.1. The molecule has 0 aromatic carbocycles. The molecule has 0 amide bonds. The first-order valence-electron chi connectivity index (χ1n) is 6.84. The summed E-state index contributed by atoms with van der Waals surface area (Å²) in [6, 6.07) is 0.332. The summed E-state index contributed by atoms with van der Waals surface area (Å²) in [6.45, 7) is 2.33. The van der Waals surface area contributed by atoms with Gasteiger partial charge in [0.05, 0.1) is 31.3 Å². The highest BCUT2D eigenvalue weighted by Gasteiger charge is 2.41. The number of hydrogen-bond acceptors (Lipinski definition) is 4. The predicted octanol–water partition coefficient (Wildman–Crippen LogP) is 0.280. The zero-order valence-corrected chi connectivity index (χ0v) is 11.8. The normalized spacial score (nSPS) is 31.1. The Bertz CT molecular complexity index is 359. The van der Waals surface area contributed by atoms with Gasteiger partial charge in [0, 0.05) is 13.6 Å². The molecule has 0 aromatic rings. The fourth-order valence-corrected chi connectivity index (χ4v) is 2.69. The summed E-state index contributed by atoms with van der Waals surface area (Å²) in [7, 11) is 3.13. The maximum absolute atomic E-state index is 11.3. The molecule has 0 aromatic heterocycles. The lowest BCUT2D eigenvalue weighted by Gasteiger charge is -2.23. The number of rotatable bonds is 4. The number of esters is 1. The van der Waals surface area contributed by atoms with Gasteiger partial charge in [-0.2, -0.15) is 0 Å². The average molecular weight is 269 g/mol. The molecule has 4 atom stereocenters. The van der Waals surface area contributed by atoms with E-state index >= 15 is 0 Å². The molecule has 6 nitrogen and oxygen atoms in total. The molecular weight excluding hydrogens is 246 g/mol. The summed E-state index contributed by atoms with van der Waals surface area (Å²) in [6.07, 6.45) is 4.06. The molecule has 2 bridgehead atoms. The van der Waals surface area contributed by atoms with Gasteiger partial charge >= 0.3 is 5.97 Å². The van der Waals surface area contributed by atoms with E-state index in [2.05, 4.69) is 15.6 Å². The van der Waals surface area contributed by atoms with Crippen molar-refractivity contribution in [3.63, 3.8) is 0 Å². The third-order valence-corrected chi connectivity index (χ3v) is 3.83. The van der Waals surface area contributed by atoms with Gasteiger partial charge in [0.1, 0.15) is 0 Å². The van der Waals surface area contributed by atoms with Crippen LogP contribution < -0.4 is 10.6 Å². The van der Waals surface area contributed by atoms with Gasteiger partial charge in [0.25, 0.3) is 0 Å². The van der Waals surface area contributed by atoms with Crippen LogP contribution in [0.15, 0.2) is 4.99 Å². The van der Waals surface area contributed by atoms with Crippen molar-refractivity contribution in [3.05, 3.63) is 0 Å². The van der Waals surface area contributed by atoms with E-state index in [1.54, 1.807) is 7.05 Å². The summed E-state index contributed by atoms with van der Waals surface area (Å²) in [5.74, 6) is 0.308. The number of hydrogen-bond donors (Lipinski definition) is 2. The van der Waals surface area contributed by atoms with Crippen molar-refractivity contribution >= 4 is 11.9 Å². The van der Waals surface area contributed by atoms with Crippen LogP contribution in [0.3, 0.4) is 0 Å². The van der Waals surface area contributed by atoms with E-state index in [0.29, 0.717) is 24.8 Å². The minimum absolute atomic E-state index is 0.195. The monoisotopic (exact) mass is 269 g/mol. The van der Waals surface area contributed by atoms with Crippen molar-refractivity contribution in [1.29, 1.82) is 0 Å². The lowest BCUT2D eigenvalue weighted by molar-refractivity contribution is -0.144. The third-order valence-electron chi connectivity index (χ3n) is 3.83. The Hall–Kier alpha value is -1.30. The largest absolute Gasteiger partial charge is 0.469 e. The van der Waals surface area contributed by atoms with E-state index in [4.69, 9.17) is 9.47 Å². The first-order chi connectivity index (χ1) is 9.13. The van der Waals surface area contributed by atoms with Crippen LogP contribution in [-0.2, 0) is 14.3 Å². The van der Waals surface area contributed by atoms with Crippen molar-refractivity contribution in [3.8, 4) is 0 Å². The van der Waals surface area contributed by atoms with Crippen LogP contribution in [0.1, 0.15) is 26.2 Å². The summed E-state index contributed by atoms with van der Waals surface area (Å²) < 4.78 is 10.5. The summed E-state index contributed by atoms with van der Waals surface area (Å²) >= 11 is 0. The number of carbonyl (C=O) groups is 1. The predicted molar refractivity (Wildman–Crippen MR) is 72.0 cm³/mol. The lowest BCUT2D eigenvalue weighted by Crippen LogP contribution is -2.48. The van der Waals surface area contributed by atoms with Crippen LogP contribution in [0.2, 0.25) is 0 Å². The average Bonchev–Trinajstić information content (AvgIpc) is 3.04. The molecular formula is C13H23N3O3. The molecule has 0 radical (unpaired) electrons. The van der Waals surface area contributed by atoms with E-state index in [-0.39, 0.29) is 11.9 Å². The fraction of sp³-hybridized carbons (Fsp3) is 0.846. The van der Waals surface area contributed by atoms with Gasteiger partial charge in [0.2, 0.25) is 0 Å². The van der Waals surface area contributed by atoms with Gasteiger partial charge in [-0.15, -0.1) is 0 Å². The maximum atomic E-state index is 11.3. The van der Waals surface area contributed by atoms with E-state index in [1.165, 1.54) is 13.5 Å². The van der Waals surface area contributed by atoms with Gasteiger partial charge in [-0.1, -0.05) is 6.92 Å². The van der Waals surface area contributed by atoms with Crippen LogP contribution in [0, 0.1) is 5.92 Å². The van der Waals surface area contributed by atoms with Crippen LogP contribution >= 0.6 is 0 Å². The van der Waals surface area contributed by atoms with Gasteiger partial charge in [-0.25, -0.2) is 0 Å². The molecule has 2 aliphatic rings. The minimum Gasteiger partial charge on any atom is -0.469 e. The van der Waals surface area contributed by atoms with Crippen LogP contribution in [0.25, 0.3) is 0 Å². The van der Waals surface area contributed by atoms with Crippen molar-refractivity contribution in [1.82, 2.24) is 10.6 Å². The van der Waals surface area contributed by atoms with Crippen LogP contribution in [0.4, 0.5) is 0 Å². The number of carbonyl (C=O) groups excluding carboxylic acids is 1. The Morgan fingerprint density at radius 1 is 1.53 bits per heavy atom. The molecule has 0 spiro atoms. The first-order valence-corrected chi connectivity index (χ1v) is 6.84. The zero-order chi connectivity index (χ0) is 13.8. The second-order valence-corrected chi connectivity index (χ2v) is 5.24. The molecule has 2 saturated heterocycles. The molecule has 0 aliphatic carbocycles. The molecule has 2 heterocycles. The number of nitrogens with one attached hydrogen (secondary N) is 2. The molecule has 4 unspecified atom stereocenters. The Balaban J connectivity index is 1.76. The van der Waals surface area contributed by atoms with Crippen LogP contribution in [0.5, 0.6) is 0 Å². The molecule has 2 fully saturated rings. The maximum Gasteiger partial charge on any atom is 0.310 e. The number of methoxy groups -OCH3 is 1. The number of ether oxygens (including phenoxy) is 2. The molecule has 19 heavy (non-hydrogen) atoms. The van der Waals surface area contributed by atoms with Crippen molar-refractivity contribution in [2.45, 2.75) is 44.4 Å². The smallest absolute Gasteiger partial charge is 0.310 e. The Kier molecular flexibility index (Phi) is 4.63. The van der Waals surface area contributed by atoms with E-state index in [0.717, 1.165) is 18.8 Å². The second-order valence-electron chi connectivity index (χ2n) is 5.24. The fourth-order valence-electron chi connectivity index (χ4n) is 2.69. The van der Waals surface area contributed by atoms with Crippen molar-refractivity contribution in [2.75, 3.05) is 20.7 Å². The highest BCUT2D eigenvalue weighted by Crippen LogP contribution is 2.34. The topological polar surface area (TPSA) is 72.0 Å². The quantitative estimate of drug-likeness (QED) is 0.436. The number of nitrogens with zero attached hydrogens (tertiary/aromatic N) is 1. The van der Waals surface area contributed by atoms with E-state index in [9.17, 15) is 4.79 Å². The zero-order valence-electron chi connectivity index (χ0n) is 11.8. The lowest BCUT2D eigenvalue weighted by atomic mass is 9.96. The van der Waals surface area contributed by atoms with Gasteiger partial charge in [-0.05, 0) is 19.3 Å². The van der Waals surface area contributed by atoms with Gasteiger partial charge in [0.15, 0.2) is 5.96 Å². The van der Waals surface area contributed by atoms with Crippen LogP contribution in [-0.4, -0.2) is 50.9 Å². The molecule has 2 rings (SSSR count). The van der Waals surface area contributed by atoms with Crippen molar-refractivity contribution in [2.24, 2.45) is 10.9 Å². The second kappa shape index (κ2) is 6.23. The van der Waals surface area contributed by atoms with E-state index in [1.807, 2.05) is 6.92 Å². The summed E-state index contributed by atoms with van der Waals surface area (Å²) in [4.78, 5) is 15.5. The number of fused-ring (bicyclic) bond motifs is 2. The Morgan fingerprint density at radius 2 is 2.32 bits per heavy atom. The molecule has 6 heteroatoms. The molecule has 0 saturated carbocycles. The highest BCUT2D eigenvalue weighted by atomic mass is 16.5. The SMILES string of the molecule is CN=C(NCC(C)C(=O)OC)NC1CC2CCC1O2. The van der Waals surface area contributed by atoms with Gasteiger partial charge < -0.3 is 20.1 Å². The highest BCUT2D eigenvalue weighted by molar-refractivity contribution is 5.81. The molecule has 2 N–H and O–H groups in total. The van der Waals surface area contributed by atoms with Gasteiger partial charge in [-0.3, -0.25) is 9.79 Å². The molecule has 2 aliphatic heterocycles. The van der Waals surface area contributed by atoms with Crippen molar-refractivity contribution < 1.29 is 14.3 Å². The van der Waals surface area contributed by atoms with E-state index < -0.39 is 0 Å². The summed E-state index contributed by atoms with van der Waals surface area (Å²) in [5, 5.41) is 6.52. The minimum atomic E-state index is -0.216. The standard InChI is InChI=1S/C13H23N3O3/c1-8(12(17)18-3)7-15-13(14-2)16-10-6-9-4-5-11(10)19-9/h8-11H,4-7H2,1-3H3,(H2,14,15,16). The Labute approximate surface area is 113 Å². The molecule has 108 valence electrons. The number of guanidine groups is 1.